The Kier molecular flexibility index (Phi) is 8.69. The van der Waals surface area contributed by atoms with Crippen LogP contribution >= 0.6 is 0 Å². The number of rotatable bonds is 13. The van der Waals surface area contributed by atoms with E-state index in [1.165, 1.54) is 32.1 Å². The minimum absolute atomic E-state index is 0.227. The highest BCUT2D eigenvalue weighted by atomic mass is 16.5. The lowest BCUT2D eigenvalue weighted by molar-refractivity contribution is -0.155. The number of carbonyl (C=O) groups excluding carboxylic acids is 2. The van der Waals surface area contributed by atoms with E-state index in [9.17, 15) is 9.59 Å². The normalized spacial score (nSPS) is 17.0. The molecular formula is C18H32O4. The number of ketones is 1. The fraction of sp³-hybridized carbons (Fsp3) is 0.889. The smallest absolute Gasteiger partial charge is 0.317 e. The van der Waals surface area contributed by atoms with Crippen LogP contribution in [0.2, 0.25) is 0 Å². The van der Waals surface area contributed by atoms with E-state index in [2.05, 4.69) is 6.92 Å². The Morgan fingerprint density at radius 2 is 1.64 bits per heavy atom. The zero-order valence-corrected chi connectivity index (χ0v) is 14.2. The number of ether oxygens (including phenoxy) is 1. The predicted molar refractivity (Wildman–Crippen MR) is 86.5 cm³/mol. The zero-order valence-electron chi connectivity index (χ0n) is 14.2. The van der Waals surface area contributed by atoms with E-state index in [-0.39, 0.29) is 17.8 Å². The van der Waals surface area contributed by atoms with Gasteiger partial charge in [0, 0.05) is 0 Å². The Hall–Kier alpha value is -0.900. The molecule has 1 rings (SSSR count). The molecule has 0 aromatic carbocycles. The summed E-state index contributed by atoms with van der Waals surface area (Å²) < 4.78 is 5.05. The van der Waals surface area contributed by atoms with E-state index >= 15 is 0 Å². The van der Waals surface area contributed by atoms with Gasteiger partial charge in [0.15, 0.2) is 5.78 Å². The third kappa shape index (κ3) is 5.71. The molecule has 1 fully saturated rings. The molecule has 1 aliphatic carbocycles. The van der Waals surface area contributed by atoms with Gasteiger partial charge in [-0.1, -0.05) is 51.9 Å². The molecule has 0 saturated heterocycles. The SMILES string of the molecule is CCCCCCCCCC1(C(C(=O)CO)C(=O)OCC)CC1. The molecule has 0 aliphatic heterocycles. The molecule has 0 amide bonds. The maximum Gasteiger partial charge on any atom is 0.317 e. The molecule has 0 aromatic heterocycles. The second-order valence-electron chi connectivity index (χ2n) is 6.54. The van der Waals surface area contributed by atoms with Gasteiger partial charge in [-0.3, -0.25) is 9.59 Å². The monoisotopic (exact) mass is 312 g/mol. The lowest BCUT2D eigenvalue weighted by Gasteiger charge is -2.23. The summed E-state index contributed by atoms with van der Waals surface area (Å²) >= 11 is 0. The van der Waals surface area contributed by atoms with Crippen molar-refractivity contribution < 1.29 is 19.4 Å². The summed E-state index contributed by atoms with van der Waals surface area (Å²) in [5, 5.41) is 9.15. The average molecular weight is 312 g/mol. The van der Waals surface area contributed by atoms with Gasteiger partial charge >= 0.3 is 5.97 Å². The number of aliphatic hydroxyl groups excluding tert-OH is 1. The van der Waals surface area contributed by atoms with Crippen LogP contribution in [0.4, 0.5) is 0 Å². The molecule has 0 radical (unpaired) electrons. The molecule has 0 bridgehead atoms. The lowest BCUT2D eigenvalue weighted by Crippen LogP contribution is -2.36. The second kappa shape index (κ2) is 9.98. The van der Waals surface area contributed by atoms with Crippen molar-refractivity contribution in [3.05, 3.63) is 0 Å². The van der Waals surface area contributed by atoms with Crippen molar-refractivity contribution in [2.45, 2.75) is 78.1 Å². The van der Waals surface area contributed by atoms with E-state index in [0.717, 1.165) is 32.1 Å². The number of aliphatic hydroxyl groups is 1. The molecule has 1 aliphatic rings. The number of unbranched alkanes of at least 4 members (excludes halogenated alkanes) is 6. The maximum absolute atomic E-state index is 12.1. The van der Waals surface area contributed by atoms with Gasteiger partial charge in [0.25, 0.3) is 0 Å². The molecular weight excluding hydrogens is 280 g/mol. The zero-order chi connectivity index (χ0) is 16.4. The average Bonchev–Trinajstić information content (AvgIpc) is 3.27. The van der Waals surface area contributed by atoms with Crippen LogP contribution in [0.25, 0.3) is 0 Å². The predicted octanol–water partition coefficient (Wildman–Crippen LogP) is 3.65. The molecule has 0 heterocycles. The standard InChI is InChI=1S/C18H32O4/c1-3-5-6-7-8-9-10-11-18(12-13-18)16(15(20)14-19)17(21)22-4-2/h16,19H,3-14H2,1-2H3. The number of hydrogen-bond donors (Lipinski definition) is 1. The van der Waals surface area contributed by atoms with Gasteiger partial charge < -0.3 is 9.84 Å². The summed E-state index contributed by atoms with van der Waals surface area (Å²) in [6.07, 6.45) is 11.3. The van der Waals surface area contributed by atoms with Crippen LogP contribution < -0.4 is 0 Å². The molecule has 0 aromatic rings. The van der Waals surface area contributed by atoms with Crippen LogP contribution in [0.3, 0.4) is 0 Å². The molecule has 4 heteroatoms. The van der Waals surface area contributed by atoms with Gasteiger partial charge in [-0.2, -0.15) is 0 Å². The Morgan fingerprint density at radius 3 is 2.14 bits per heavy atom. The van der Waals surface area contributed by atoms with E-state index in [1.807, 2.05) is 0 Å². The highest BCUT2D eigenvalue weighted by molar-refractivity contribution is 6.00. The van der Waals surface area contributed by atoms with E-state index in [1.54, 1.807) is 6.92 Å². The van der Waals surface area contributed by atoms with Gasteiger partial charge in [0.05, 0.1) is 6.61 Å². The van der Waals surface area contributed by atoms with Gasteiger partial charge in [-0.05, 0) is 31.6 Å². The number of hydrogen-bond acceptors (Lipinski definition) is 4. The van der Waals surface area contributed by atoms with E-state index < -0.39 is 18.5 Å². The van der Waals surface area contributed by atoms with E-state index in [4.69, 9.17) is 9.84 Å². The third-order valence-electron chi connectivity index (χ3n) is 4.78. The highest BCUT2D eigenvalue weighted by Crippen LogP contribution is 2.56. The lowest BCUT2D eigenvalue weighted by atomic mass is 9.81. The first-order chi connectivity index (χ1) is 10.6. The summed E-state index contributed by atoms with van der Waals surface area (Å²) in [4.78, 5) is 24.1. The van der Waals surface area contributed by atoms with Gasteiger partial charge in [0.1, 0.15) is 12.5 Å². The van der Waals surface area contributed by atoms with Gasteiger partial charge in [-0.15, -0.1) is 0 Å². The molecule has 4 nitrogen and oxygen atoms in total. The Bertz CT molecular complexity index is 347. The van der Waals surface area contributed by atoms with Crippen LogP contribution in [0, 0.1) is 11.3 Å². The first-order valence-corrected chi connectivity index (χ1v) is 8.91. The first-order valence-electron chi connectivity index (χ1n) is 8.91. The first kappa shape index (κ1) is 19.1. The largest absolute Gasteiger partial charge is 0.465 e. The Labute approximate surface area is 134 Å². The minimum Gasteiger partial charge on any atom is -0.465 e. The van der Waals surface area contributed by atoms with Crippen molar-refractivity contribution in [1.29, 1.82) is 0 Å². The summed E-state index contributed by atoms with van der Waals surface area (Å²) in [7, 11) is 0. The van der Waals surface area contributed by atoms with Gasteiger partial charge in [0.2, 0.25) is 0 Å². The molecule has 1 saturated carbocycles. The summed E-state index contributed by atoms with van der Waals surface area (Å²) in [5.41, 5.74) is -0.227. The number of esters is 1. The number of carbonyl (C=O) groups is 2. The Morgan fingerprint density at radius 1 is 1.05 bits per heavy atom. The molecule has 1 atom stereocenters. The van der Waals surface area contributed by atoms with Crippen LogP contribution in [0.5, 0.6) is 0 Å². The fourth-order valence-corrected chi connectivity index (χ4v) is 3.32. The van der Waals surface area contributed by atoms with Crippen molar-refractivity contribution in [2.24, 2.45) is 11.3 Å². The van der Waals surface area contributed by atoms with Crippen molar-refractivity contribution in [2.75, 3.05) is 13.2 Å². The van der Waals surface area contributed by atoms with Crippen molar-refractivity contribution >= 4 is 11.8 Å². The van der Waals surface area contributed by atoms with E-state index in [0.29, 0.717) is 0 Å². The van der Waals surface area contributed by atoms with Crippen LogP contribution in [-0.2, 0) is 14.3 Å². The summed E-state index contributed by atoms with van der Waals surface area (Å²) in [6, 6.07) is 0. The van der Waals surface area contributed by atoms with Crippen molar-refractivity contribution in [3.8, 4) is 0 Å². The minimum atomic E-state index is -0.752. The highest BCUT2D eigenvalue weighted by Gasteiger charge is 2.55. The molecule has 0 spiro atoms. The third-order valence-corrected chi connectivity index (χ3v) is 4.78. The second-order valence-corrected chi connectivity index (χ2v) is 6.54. The fourth-order valence-electron chi connectivity index (χ4n) is 3.32. The van der Waals surface area contributed by atoms with Crippen LogP contribution in [-0.4, -0.2) is 30.1 Å². The van der Waals surface area contributed by atoms with Crippen LogP contribution in [0.1, 0.15) is 78.1 Å². The topological polar surface area (TPSA) is 63.6 Å². The molecule has 128 valence electrons. The van der Waals surface area contributed by atoms with Crippen molar-refractivity contribution in [1.82, 2.24) is 0 Å². The van der Waals surface area contributed by atoms with Gasteiger partial charge in [-0.25, -0.2) is 0 Å². The summed E-state index contributed by atoms with van der Waals surface area (Å²) in [6.45, 7) is 3.67. The van der Waals surface area contributed by atoms with Crippen LogP contribution in [0.15, 0.2) is 0 Å². The quantitative estimate of drug-likeness (QED) is 0.320. The number of Topliss-reactive ketones (excluding diaryl/α,β-unsaturated/α-hetero) is 1. The van der Waals surface area contributed by atoms with Crippen molar-refractivity contribution in [3.63, 3.8) is 0 Å². The summed E-state index contributed by atoms with van der Waals surface area (Å²) in [5.74, 6) is -1.57. The molecule has 1 N–H and O–H groups in total. The Balaban J connectivity index is 2.41. The molecule has 1 unspecified atom stereocenters. The maximum atomic E-state index is 12.1. The molecule has 22 heavy (non-hydrogen) atoms.